The highest BCUT2D eigenvalue weighted by Crippen LogP contribution is 2.37. The Hall–Kier alpha value is -0.860. The normalized spacial score (nSPS) is 32.9. The van der Waals surface area contributed by atoms with Crippen LogP contribution in [0.15, 0.2) is 0 Å². The Kier molecular flexibility index (Phi) is 3.46. The molecule has 3 nitrogen and oxygen atoms in total. The van der Waals surface area contributed by atoms with Crippen LogP contribution in [0.3, 0.4) is 0 Å². The lowest BCUT2D eigenvalue weighted by Gasteiger charge is -2.14. The first-order valence-electron chi connectivity index (χ1n) is 4.71. The molecule has 0 spiro atoms. The van der Waals surface area contributed by atoms with Gasteiger partial charge < -0.3 is 9.53 Å². The molecule has 0 heterocycles. The number of esters is 1. The molecule has 3 unspecified atom stereocenters. The summed E-state index contributed by atoms with van der Waals surface area (Å²) >= 11 is 0. The second-order valence-corrected chi connectivity index (χ2v) is 3.81. The molecule has 0 bridgehead atoms. The predicted molar refractivity (Wildman–Crippen MR) is 48.1 cm³/mol. The number of aldehydes is 1. The van der Waals surface area contributed by atoms with Gasteiger partial charge in [0.05, 0.1) is 7.11 Å². The van der Waals surface area contributed by atoms with E-state index in [1.165, 1.54) is 7.11 Å². The van der Waals surface area contributed by atoms with Crippen molar-refractivity contribution >= 4 is 12.3 Å². The van der Waals surface area contributed by atoms with E-state index >= 15 is 0 Å². The first kappa shape index (κ1) is 10.2. The summed E-state index contributed by atoms with van der Waals surface area (Å²) < 4.78 is 4.59. The number of rotatable bonds is 3. The van der Waals surface area contributed by atoms with Gasteiger partial charge in [-0.1, -0.05) is 6.92 Å². The van der Waals surface area contributed by atoms with E-state index in [0.717, 1.165) is 19.1 Å². The quantitative estimate of drug-likeness (QED) is 0.492. The first-order valence-corrected chi connectivity index (χ1v) is 4.71. The second-order valence-electron chi connectivity index (χ2n) is 3.81. The summed E-state index contributed by atoms with van der Waals surface area (Å²) in [5.74, 6) is 0.483. The molecule has 1 aliphatic carbocycles. The third-order valence-electron chi connectivity index (χ3n) is 3.01. The second kappa shape index (κ2) is 4.40. The molecule has 3 heteroatoms. The van der Waals surface area contributed by atoms with Crippen LogP contribution in [0.1, 0.15) is 26.2 Å². The van der Waals surface area contributed by atoms with E-state index in [9.17, 15) is 9.59 Å². The number of carbonyl (C=O) groups is 2. The molecule has 0 N–H and O–H groups in total. The molecule has 0 aromatic carbocycles. The molecular weight excluding hydrogens is 168 g/mol. The molecule has 0 radical (unpaired) electrons. The van der Waals surface area contributed by atoms with Crippen molar-refractivity contribution in [3.8, 4) is 0 Å². The molecule has 0 aromatic rings. The van der Waals surface area contributed by atoms with E-state index < -0.39 is 0 Å². The maximum absolute atomic E-state index is 11.0. The van der Waals surface area contributed by atoms with Crippen LogP contribution in [-0.2, 0) is 14.3 Å². The fourth-order valence-corrected chi connectivity index (χ4v) is 2.11. The van der Waals surface area contributed by atoms with Gasteiger partial charge in [0.15, 0.2) is 0 Å². The Morgan fingerprint density at radius 1 is 1.54 bits per heavy atom. The first-order chi connectivity index (χ1) is 6.19. The topological polar surface area (TPSA) is 43.4 Å². The summed E-state index contributed by atoms with van der Waals surface area (Å²) in [7, 11) is 1.39. The van der Waals surface area contributed by atoms with Gasteiger partial charge in [-0.25, -0.2) is 0 Å². The lowest BCUT2D eigenvalue weighted by molar-refractivity contribution is -0.142. The minimum absolute atomic E-state index is 0.0547. The average Bonchev–Trinajstić information content (AvgIpc) is 2.46. The molecule has 1 aliphatic rings. The monoisotopic (exact) mass is 184 g/mol. The Morgan fingerprint density at radius 3 is 2.77 bits per heavy atom. The highest BCUT2D eigenvalue weighted by molar-refractivity contribution is 5.70. The SMILES string of the molecule is COC(=O)CC1CCC(C)C1C=O. The van der Waals surface area contributed by atoms with Crippen molar-refractivity contribution in [2.24, 2.45) is 17.8 Å². The van der Waals surface area contributed by atoms with Crippen LogP contribution in [-0.4, -0.2) is 19.4 Å². The maximum Gasteiger partial charge on any atom is 0.305 e. The third-order valence-corrected chi connectivity index (χ3v) is 3.01. The minimum Gasteiger partial charge on any atom is -0.469 e. The zero-order valence-electron chi connectivity index (χ0n) is 8.16. The number of ether oxygens (including phenoxy) is 1. The molecule has 0 aliphatic heterocycles. The lowest BCUT2D eigenvalue weighted by atomic mass is 9.90. The van der Waals surface area contributed by atoms with Gasteiger partial charge in [-0.15, -0.1) is 0 Å². The van der Waals surface area contributed by atoms with Gasteiger partial charge in [-0.2, -0.15) is 0 Å². The van der Waals surface area contributed by atoms with Crippen molar-refractivity contribution in [3.05, 3.63) is 0 Å². The highest BCUT2D eigenvalue weighted by atomic mass is 16.5. The Balaban J connectivity index is 2.50. The van der Waals surface area contributed by atoms with E-state index in [-0.39, 0.29) is 17.8 Å². The Bertz CT molecular complexity index is 200. The smallest absolute Gasteiger partial charge is 0.305 e. The summed E-state index contributed by atoms with van der Waals surface area (Å²) in [5, 5.41) is 0. The van der Waals surface area contributed by atoms with Gasteiger partial charge in [-0.05, 0) is 24.7 Å². The number of methoxy groups -OCH3 is 1. The highest BCUT2D eigenvalue weighted by Gasteiger charge is 2.34. The molecule has 74 valence electrons. The number of hydrogen-bond acceptors (Lipinski definition) is 3. The summed E-state index contributed by atoms with van der Waals surface area (Å²) in [6, 6.07) is 0. The van der Waals surface area contributed by atoms with Gasteiger partial charge >= 0.3 is 5.97 Å². The van der Waals surface area contributed by atoms with E-state index in [0.29, 0.717) is 12.3 Å². The van der Waals surface area contributed by atoms with E-state index in [2.05, 4.69) is 11.7 Å². The zero-order valence-corrected chi connectivity index (χ0v) is 8.16. The molecule has 1 saturated carbocycles. The van der Waals surface area contributed by atoms with Crippen molar-refractivity contribution < 1.29 is 14.3 Å². The van der Waals surface area contributed by atoms with Crippen LogP contribution < -0.4 is 0 Å². The Morgan fingerprint density at radius 2 is 2.23 bits per heavy atom. The lowest BCUT2D eigenvalue weighted by Crippen LogP contribution is -2.18. The van der Waals surface area contributed by atoms with E-state index in [1.807, 2.05) is 0 Å². The van der Waals surface area contributed by atoms with Crippen molar-refractivity contribution in [2.75, 3.05) is 7.11 Å². The fraction of sp³-hybridized carbons (Fsp3) is 0.800. The standard InChI is InChI=1S/C10H16O3/c1-7-3-4-8(9(7)6-11)5-10(12)13-2/h6-9H,3-5H2,1-2H3. The van der Waals surface area contributed by atoms with Gasteiger partial charge in [0.2, 0.25) is 0 Å². The van der Waals surface area contributed by atoms with Crippen LogP contribution in [0, 0.1) is 17.8 Å². The van der Waals surface area contributed by atoms with Crippen LogP contribution in [0.4, 0.5) is 0 Å². The summed E-state index contributed by atoms with van der Waals surface area (Å²) in [6.45, 7) is 2.07. The molecule has 3 atom stereocenters. The van der Waals surface area contributed by atoms with Gasteiger partial charge in [-0.3, -0.25) is 4.79 Å². The molecule has 0 saturated heterocycles. The number of hydrogen-bond donors (Lipinski definition) is 0. The molecule has 1 fully saturated rings. The Labute approximate surface area is 78.5 Å². The number of carbonyl (C=O) groups excluding carboxylic acids is 2. The summed E-state index contributed by atoms with van der Waals surface area (Å²) in [6.07, 6.45) is 3.40. The minimum atomic E-state index is -0.203. The third kappa shape index (κ3) is 2.29. The van der Waals surface area contributed by atoms with E-state index in [1.54, 1.807) is 0 Å². The largest absolute Gasteiger partial charge is 0.469 e. The van der Waals surface area contributed by atoms with Crippen molar-refractivity contribution in [3.63, 3.8) is 0 Å². The maximum atomic E-state index is 11.0. The van der Waals surface area contributed by atoms with Crippen molar-refractivity contribution in [1.82, 2.24) is 0 Å². The summed E-state index contributed by atoms with van der Waals surface area (Å²) in [5.41, 5.74) is 0. The van der Waals surface area contributed by atoms with Gasteiger partial charge in [0, 0.05) is 12.3 Å². The molecule has 13 heavy (non-hydrogen) atoms. The molecule has 0 amide bonds. The van der Waals surface area contributed by atoms with Crippen LogP contribution in [0.5, 0.6) is 0 Å². The van der Waals surface area contributed by atoms with Crippen molar-refractivity contribution in [1.29, 1.82) is 0 Å². The van der Waals surface area contributed by atoms with E-state index in [4.69, 9.17) is 0 Å². The predicted octanol–water partition coefficient (Wildman–Crippen LogP) is 1.41. The molecule has 1 rings (SSSR count). The zero-order chi connectivity index (χ0) is 9.84. The molecule has 0 aromatic heterocycles. The van der Waals surface area contributed by atoms with Gasteiger partial charge in [0.1, 0.15) is 6.29 Å². The van der Waals surface area contributed by atoms with Crippen LogP contribution in [0.25, 0.3) is 0 Å². The van der Waals surface area contributed by atoms with Gasteiger partial charge in [0.25, 0.3) is 0 Å². The van der Waals surface area contributed by atoms with Crippen molar-refractivity contribution in [2.45, 2.75) is 26.2 Å². The fourth-order valence-electron chi connectivity index (χ4n) is 2.11. The average molecular weight is 184 g/mol. The van der Waals surface area contributed by atoms with Crippen LogP contribution in [0.2, 0.25) is 0 Å². The van der Waals surface area contributed by atoms with Crippen LogP contribution >= 0.6 is 0 Å². The molecular formula is C10H16O3. The summed E-state index contributed by atoms with van der Waals surface area (Å²) in [4.78, 5) is 21.7.